The van der Waals surface area contributed by atoms with Crippen molar-refractivity contribution in [2.24, 2.45) is 0 Å². The van der Waals surface area contributed by atoms with E-state index in [9.17, 15) is 0 Å². The van der Waals surface area contributed by atoms with E-state index in [1.165, 1.54) is 5.56 Å². The zero-order chi connectivity index (χ0) is 9.10. The van der Waals surface area contributed by atoms with Gasteiger partial charge in [-0.2, -0.15) is 0 Å². The molecule has 3 heteroatoms. The van der Waals surface area contributed by atoms with E-state index in [2.05, 4.69) is 28.1 Å². The smallest absolute Gasteiger partial charge is 0.106 e. The van der Waals surface area contributed by atoms with Gasteiger partial charge in [-0.05, 0) is 17.7 Å². The Labute approximate surface area is 86.0 Å². The lowest BCUT2D eigenvalue weighted by atomic mass is 10.1. The SMILES string of the molecule is Brc1ccc([C@@H]2COCCO2)cc1. The van der Waals surface area contributed by atoms with Crippen molar-refractivity contribution in [3.8, 4) is 0 Å². The van der Waals surface area contributed by atoms with Crippen LogP contribution in [0.1, 0.15) is 11.7 Å². The molecule has 2 rings (SSSR count). The third-order valence-corrected chi connectivity index (χ3v) is 2.59. The summed E-state index contributed by atoms with van der Waals surface area (Å²) in [4.78, 5) is 0. The molecule has 0 spiro atoms. The Kier molecular flexibility index (Phi) is 2.98. The first-order valence-electron chi connectivity index (χ1n) is 4.31. The van der Waals surface area contributed by atoms with E-state index in [0.717, 1.165) is 4.47 Å². The van der Waals surface area contributed by atoms with Gasteiger partial charge in [0.1, 0.15) is 6.10 Å². The molecule has 2 nitrogen and oxygen atoms in total. The van der Waals surface area contributed by atoms with Gasteiger partial charge in [-0.3, -0.25) is 0 Å². The molecule has 1 saturated heterocycles. The second-order valence-corrected chi connectivity index (χ2v) is 3.90. The molecule has 1 aromatic rings. The molecule has 0 saturated carbocycles. The number of benzene rings is 1. The summed E-state index contributed by atoms with van der Waals surface area (Å²) in [5.41, 5.74) is 1.18. The maximum absolute atomic E-state index is 5.56. The van der Waals surface area contributed by atoms with Crippen molar-refractivity contribution < 1.29 is 9.47 Å². The average molecular weight is 243 g/mol. The molecule has 0 amide bonds. The summed E-state index contributed by atoms with van der Waals surface area (Å²) < 4.78 is 12.0. The van der Waals surface area contributed by atoms with Crippen LogP contribution < -0.4 is 0 Å². The molecule has 13 heavy (non-hydrogen) atoms. The fourth-order valence-electron chi connectivity index (χ4n) is 1.36. The Balaban J connectivity index is 2.10. The summed E-state index contributed by atoms with van der Waals surface area (Å²) in [6.07, 6.45) is 0.113. The zero-order valence-electron chi connectivity index (χ0n) is 7.20. The van der Waals surface area contributed by atoms with Crippen LogP contribution >= 0.6 is 15.9 Å². The van der Waals surface area contributed by atoms with E-state index in [1.807, 2.05) is 12.1 Å². The Morgan fingerprint density at radius 1 is 1.15 bits per heavy atom. The molecule has 1 atom stereocenters. The van der Waals surface area contributed by atoms with Crippen molar-refractivity contribution >= 4 is 15.9 Å². The quantitative estimate of drug-likeness (QED) is 0.754. The average Bonchev–Trinajstić information content (AvgIpc) is 2.20. The Bertz CT molecular complexity index is 265. The number of ether oxygens (including phenoxy) is 2. The van der Waals surface area contributed by atoms with Crippen LogP contribution in [0.2, 0.25) is 0 Å². The van der Waals surface area contributed by atoms with Gasteiger partial charge in [0.25, 0.3) is 0 Å². The molecule has 0 radical (unpaired) electrons. The summed E-state index contributed by atoms with van der Waals surface area (Å²) in [7, 11) is 0. The number of hydrogen-bond acceptors (Lipinski definition) is 2. The van der Waals surface area contributed by atoms with Crippen molar-refractivity contribution in [2.75, 3.05) is 19.8 Å². The van der Waals surface area contributed by atoms with Crippen molar-refractivity contribution in [2.45, 2.75) is 6.10 Å². The molecule has 0 aliphatic carbocycles. The fraction of sp³-hybridized carbons (Fsp3) is 0.400. The van der Waals surface area contributed by atoms with Crippen LogP contribution in [-0.4, -0.2) is 19.8 Å². The second-order valence-electron chi connectivity index (χ2n) is 2.99. The Morgan fingerprint density at radius 2 is 1.92 bits per heavy atom. The van der Waals surface area contributed by atoms with E-state index >= 15 is 0 Å². The van der Waals surface area contributed by atoms with Gasteiger partial charge in [0.05, 0.1) is 19.8 Å². The van der Waals surface area contributed by atoms with E-state index in [1.54, 1.807) is 0 Å². The van der Waals surface area contributed by atoms with Gasteiger partial charge < -0.3 is 9.47 Å². The van der Waals surface area contributed by atoms with Crippen molar-refractivity contribution in [3.63, 3.8) is 0 Å². The summed E-state index contributed by atoms with van der Waals surface area (Å²) >= 11 is 3.40. The maximum Gasteiger partial charge on any atom is 0.106 e. The predicted molar refractivity (Wildman–Crippen MR) is 53.7 cm³/mol. The van der Waals surface area contributed by atoms with Crippen LogP contribution in [0, 0.1) is 0 Å². The third-order valence-electron chi connectivity index (χ3n) is 2.06. The van der Waals surface area contributed by atoms with Gasteiger partial charge in [-0.15, -0.1) is 0 Å². The topological polar surface area (TPSA) is 18.5 Å². The van der Waals surface area contributed by atoms with Crippen LogP contribution in [0.25, 0.3) is 0 Å². The number of halogens is 1. The summed E-state index contributed by atoms with van der Waals surface area (Å²) in [6.45, 7) is 2.08. The molecule has 0 N–H and O–H groups in total. The lowest BCUT2D eigenvalue weighted by Crippen LogP contribution is -2.21. The minimum atomic E-state index is 0.113. The fourth-order valence-corrected chi connectivity index (χ4v) is 1.62. The highest BCUT2D eigenvalue weighted by molar-refractivity contribution is 9.10. The Morgan fingerprint density at radius 3 is 2.54 bits per heavy atom. The van der Waals surface area contributed by atoms with Crippen molar-refractivity contribution in [3.05, 3.63) is 34.3 Å². The number of hydrogen-bond donors (Lipinski definition) is 0. The molecule has 1 heterocycles. The van der Waals surface area contributed by atoms with E-state index in [4.69, 9.17) is 9.47 Å². The normalized spacial score (nSPS) is 23.0. The lowest BCUT2D eigenvalue weighted by molar-refractivity contribution is -0.0901. The molecule has 0 bridgehead atoms. The first-order chi connectivity index (χ1) is 6.36. The molecule has 0 aromatic heterocycles. The van der Waals surface area contributed by atoms with Gasteiger partial charge >= 0.3 is 0 Å². The maximum atomic E-state index is 5.56. The van der Waals surface area contributed by atoms with Crippen LogP contribution in [0.5, 0.6) is 0 Å². The van der Waals surface area contributed by atoms with Crippen molar-refractivity contribution in [1.29, 1.82) is 0 Å². The molecular weight excluding hydrogens is 232 g/mol. The van der Waals surface area contributed by atoms with Gasteiger partial charge in [-0.25, -0.2) is 0 Å². The zero-order valence-corrected chi connectivity index (χ0v) is 8.79. The van der Waals surface area contributed by atoms with Crippen LogP contribution in [0.3, 0.4) is 0 Å². The molecule has 0 unspecified atom stereocenters. The number of rotatable bonds is 1. The van der Waals surface area contributed by atoms with Crippen LogP contribution in [0.15, 0.2) is 28.7 Å². The first kappa shape index (κ1) is 9.19. The standard InChI is InChI=1S/C10H11BrO2/c11-9-3-1-8(2-4-9)10-7-12-5-6-13-10/h1-4,10H,5-7H2/t10-/m0/s1. The molecular formula is C10H11BrO2. The summed E-state index contributed by atoms with van der Waals surface area (Å²) in [6, 6.07) is 8.16. The van der Waals surface area contributed by atoms with E-state index in [-0.39, 0.29) is 6.10 Å². The third kappa shape index (κ3) is 2.30. The van der Waals surface area contributed by atoms with Gasteiger partial charge in [0.15, 0.2) is 0 Å². The van der Waals surface area contributed by atoms with E-state index in [0.29, 0.717) is 19.8 Å². The van der Waals surface area contributed by atoms with E-state index < -0.39 is 0 Å². The molecule has 1 aliphatic rings. The van der Waals surface area contributed by atoms with Gasteiger partial charge in [-0.1, -0.05) is 28.1 Å². The monoisotopic (exact) mass is 242 g/mol. The molecule has 1 fully saturated rings. The predicted octanol–water partition coefficient (Wildman–Crippen LogP) is 2.54. The first-order valence-corrected chi connectivity index (χ1v) is 5.10. The summed E-state index contributed by atoms with van der Waals surface area (Å²) in [5, 5.41) is 0. The highest BCUT2D eigenvalue weighted by Gasteiger charge is 2.15. The molecule has 1 aromatic carbocycles. The minimum absolute atomic E-state index is 0.113. The minimum Gasteiger partial charge on any atom is -0.376 e. The summed E-state index contributed by atoms with van der Waals surface area (Å²) in [5.74, 6) is 0. The van der Waals surface area contributed by atoms with Gasteiger partial charge in [0, 0.05) is 4.47 Å². The second kappa shape index (κ2) is 4.22. The highest BCUT2D eigenvalue weighted by Crippen LogP contribution is 2.22. The Hall–Kier alpha value is -0.380. The lowest BCUT2D eigenvalue weighted by Gasteiger charge is -2.23. The van der Waals surface area contributed by atoms with Crippen LogP contribution in [0.4, 0.5) is 0 Å². The largest absolute Gasteiger partial charge is 0.376 e. The highest BCUT2D eigenvalue weighted by atomic mass is 79.9. The molecule has 70 valence electrons. The van der Waals surface area contributed by atoms with Crippen molar-refractivity contribution in [1.82, 2.24) is 0 Å². The van der Waals surface area contributed by atoms with Gasteiger partial charge in [0.2, 0.25) is 0 Å². The molecule has 1 aliphatic heterocycles. The van der Waals surface area contributed by atoms with Crippen LogP contribution in [-0.2, 0) is 9.47 Å².